The van der Waals surface area contributed by atoms with Gasteiger partial charge in [-0.25, -0.2) is 0 Å². The Hall–Kier alpha value is -3.04. The fourth-order valence-electron chi connectivity index (χ4n) is 4.66. The topological polar surface area (TPSA) is 167 Å². The number of aromatic nitrogens is 3. The molecule has 1 fully saturated rings. The van der Waals surface area contributed by atoms with Crippen LogP contribution >= 0.6 is 34.6 Å². The first-order valence-corrected chi connectivity index (χ1v) is 14.5. The van der Waals surface area contributed by atoms with E-state index in [4.69, 9.17) is 10.6 Å². The monoisotopic (exact) mass is 563 g/mol. The van der Waals surface area contributed by atoms with Crippen molar-refractivity contribution in [2.75, 3.05) is 18.1 Å². The average molecular weight is 564 g/mol. The summed E-state index contributed by atoms with van der Waals surface area (Å²) in [5.74, 6) is -1.65. The van der Waals surface area contributed by atoms with Crippen molar-refractivity contribution in [1.29, 1.82) is 0 Å². The molecular weight excluding hydrogens is 538 g/mol. The van der Waals surface area contributed by atoms with Crippen LogP contribution in [0.15, 0.2) is 21.9 Å². The largest absolute Gasteiger partial charge is 0.543 e. The predicted octanol–water partition coefficient (Wildman–Crippen LogP) is -0.561. The normalized spacial score (nSPS) is 23.3. The Morgan fingerprint density at radius 3 is 2.95 bits per heavy atom. The Kier molecular flexibility index (Phi) is 7.18. The van der Waals surface area contributed by atoms with Crippen LogP contribution in [0.3, 0.4) is 0 Å². The summed E-state index contributed by atoms with van der Waals surface area (Å²) < 4.78 is 6.09. The molecule has 0 bridgehead atoms. The molecule has 2 aromatic rings. The van der Waals surface area contributed by atoms with Crippen LogP contribution in [0.1, 0.15) is 36.7 Å². The van der Waals surface area contributed by atoms with Gasteiger partial charge < -0.3 is 25.8 Å². The van der Waals surface area contributed by atoms with Gasteiger partial charge in [0.15, 0.2) is 17.4 Å². The number of nitrogen functional groups attached to an aromatic ring is 1. The number of anilines is 1. The molecule has 12 nitrogen and oxygen atoms in total. The number of nitrogens with two attached hydrogens (primary N) is 1. The second-order valence-corrected chi connectivity index (χ2v) is 11.8. The van der Waals surface area contributed by atoms with Gasteiger partial charge >= 0.3 is 0 Å². The average Bonchev–Trinajstić information content (AvgIpc) is 3.47. The molecule has 0 radical (unpaired) electrons. The Morgan fingerprint density at radius 1 is 1.43 bits per heavy atom. The Balaban J connectivity index is 1.34. The number of fused-ring (bicyclic) bond motifs is 2. The molecule has 2 amide bonds. The number of thiazole rings is 1. The van der Waals surface area contributed by atoms with E-state index in [1.54, 1.807) is 18.3 Å². The van der Waals surface area contributed by atoms with Gasteiger partial charge in [-0.15, -0.1) is 11.8 Å². The zero-order chi connectivity index (χ0) is 26.3. The lowest BCUT2D eigenvalue weighted by Gasteiger charge is -2.50. The minimum absolute atomic E-state index is 0.0171. The number of amides is 2. The summed E-state index contributed by atoms with van der Waals surface area (Å²) in [5.41, 5.74) is 9.17. The first-order chi connectivity index (χ1) is 17.8. The van der Waals surface area contributed by atoms with Gasteiger partial charge in [-0.2, -0.15) is 13.9 Å². The summed E-state index contributed by atoms with van der Waals surface area (Å²) in [7, 11) is 0. The van der Waals surface area contributed by atoms with Crippen molar-refractivity contribution in [2.45, 2.75) is 51.1 Å². The molecule has 3 aliphatic rings. The number of hydrogen-bond donors (Lipinski definition) is 2. The molecule has 1 aliphatic carbocycles. The van der Waals surface area contributed by atoms with Crippen LogP contribution < -0.4 is 20.7 Å². The Bertz CT molecular complexity index is 1320. The van der Waals surface area contributed by atoms with Crippen molar-refractivity contribution < 1.29 is 28.9 Å². The van der Waals surface area contributed by atoms with Crippen LogP contribution in [0.5, 0.6) is 0 Å². The van der Waals surface area contributed by atoms with Gasteiger partial charge in [0.05, 0.1) is 16.5 Å². The summed E-state index contributed by atoms with van der Waals surface area (Å²) in [5, 5.41) is 18.2. The van der Waals surface area contributed by atoms with Crippen molar-refractivity contribution in [3.8, 4) is 0 Å². The Labute approximate surface area is 224 Å². The van der Waals surface area contributed by atoms with E-state index < -0.39 is 29.2 Å². The summed E-state index contributed by atoms with van der Waals surface area (Å²) in [6.07, 6.45) is 3.07. The van der Waals surface area contributed by atoms with E-state index in [1.165, 1.54) is 27.2 Å². The number of thioether (sulfide) groups is 1. The van der Waals surface area contributed by atoms with Crippen LogP contribution in [0, 0.1) is 5.92 Å². The van der Waals surface area contributed by atoms with E-state index in [0.29, 0.717) is 23.8 Å². The van der Waals surface area contributed by atoms with E-state index in [-0.39, 0.29) is 29.0 Å². The maximum Gasteiger partial charge on any atom is 0.278 e. The van der Waals surface area contributed by atoms with Crippen molar-refractivity contribution in [1.82, 2.24) is 19.6 Å². The molecule has 3 N–H and O–H groups in total. The van der Waals surface area contributed by atoms with Crippen LogP contribution in [0.2, 0.25) is 0 Å². The van der Waals surface area contributed by atoms with Gasteiger partial charge in [-0.3, -0.25) is 14.5 Å². The van der Waals surface area contributed by atoms with E-state index >= 15 is 0 Å². The van der Waals surface area contributed by atoms with Gasteiger partial charge in [0.25, 0.3) is 11.8 Å². The standard InChI is InChI=1S/C22H25N7O5S3/c1-3-34-26-14(17-25-22(23)37-27-17)18(30)24-15-19(31)29-16(21(32)33)11(8-35-20(15)29)7-28-9-36-13-6-10(2)4-5-12(13)28/h9-10,15,20H,3-8H2,1-2H3,(H3-,23,24,25,27,30,32,33)/b26-14-/t10?,15-,20+/m1/s1. The molecule has 3 atom stereocenters. The quantitative estimate of drug-likeness (QED) is 0.185. The highest BCUT2D eigenvalue weighted by molar-refractivity contribution is 8.00. The number of carboxylic acid groups (broad SMARTS) is 1. The van der Waals surface area contributed by atoms with Gasteiger partial charge in [-0.05, 0) is 25.7 Å². The highest BCUT2D eigenvalue weighted by atomic mass is 32.2. The number of oxime groups is 1. The lowest BCUT2D eigenvalue weighted by atomic mass is 9.92. The van der Waals surface area contributed by atoms with Crippen LogP contribution in [0.4, 0.5) is 5.13 Å². The van der Waals surface area contributed by atoms with Crippen molar-refractivity contribution in [3.05, 3.63) is 33.2 Å². The number of hydrogen-bond acceptors (Lipinski definition) is 12. The fraction of sp³-hybridized carbons (Fsp3) is 0.500. The van der Waals surface area contributed by atoms with Gasteiger partial charge in [0, 0.05) is 29.3 Å². The lowest BCUT2D eigenvalue weighted by Crippen LogP contribution is -2.71. The molecule has 0 aromatic carbocycles. The lowest BCUT2D eigenvalue weighted by molar-refractivity contribution is -0.692. The molecule has 196 valence electrons. The van der Waals surface area contributed by atoms with Gasteiger partial charge in [-0.1, -0.05) is 23.4 Å². The van der Waals surface area contributed by atoms with Gasteiger partial charge in [0.2, 0.25) is 17.0 Å². The minimum Gasteiger partial charge on any atom is -0.543 e. The number of carboxylic acids is 1. The molecule has 0 saturated carbocycles. The maximum absolute atomic E-state index is 13.1. The molecule has 4 heterocycles. The summed E-state index contributed by atoms with van der Waals surface area (Å²) in [6, 6.07) is -0.945. The third-order valence-electron chi connectivity index (χ3n) is 6.44. The van der Waals surface area contributed by atoms with E-state index in [9.17, 15) is 19.5 Å². The predicted molar refractivity (Wildman–Crippen MR) is 135 cm³/mol. The summed E-state index contributed by atoms with van der Waals surface area (Å²) in [4.78, 5) is 49.8. The highest BCUT2D eigenvalue weighted by Gasteiger charge is 2.53. The van der Waals surface area contributed by atoms with Gasteiger partial charge in [0.1, 0.15) is 18.0 Å². The molecule has 2 aliphatic heterocycles. The number of nitrogens with one attached hydrogen (secondary N) is 1. The third-order valence-corrected chi connectivity index (χ3v) is 9.37. The number of aliphatic carboxylic acids is 1. The number of carbonyl (C=O) groups is 3. The number of rotatable bonds is 8. The van der Waals surface area contributed by atoms with E-state index in [1.807, 2.05) is 5.51 Å². The summed E-state index contributed by atoms with van der Waals surface area (Å²) in [6.45, 7) is 4.52. The highest BCUT2D eigenvalue weighted by Crippen LogP contribution is 2.40. The first kappa shape index (κ1) is 25.6. The van der Waals surface area contributed by atoms with Crippen molar-refractivity contribution in [2.24, 2.45) is 11.1 Å². The smallest absolute Gasteiger partial charge is 0.278 e. The number of carbonyl (C=O) groups excluding carboxylic acids is 3. The van der Waals surface area contributed by atoms with E-state index in [2.05, 4.69) is 31.3 Å². The number of nitrogens with zero attached hydrogens (tertiary/aromatic N) is 5. The minimum atomic E-state index is -1.41. The van der Waals surface area contributed by atoms with E-state index in [0.717, 1.165) is 30.8 Å². The van der Waals surface area contributed by atoms with Crippen molar-refractivity contribution >= 4 is 63.3 Å². The second-order valence-electron chi connectivity index (χ2n) is 8.98. The molecule has 2 aromatic heterocycles. The second kappa shape index (κ2) is 10.4. The fourth-order valence-corrected chi connectivity index (χ4v) is 7.62. The molecule has 37 heavy (non-hydrogen) atoms. The SMILES string of the molecule is CCO/N=C(\C(=O)N[C@@H]1C(=O)N2C(C(=O)[O-])=C(C[n+]3csc4c3CCC(C)C4)CS[C@@H]12)c1nsc(N)n1. The molecule has 15 heteroatoms. The maximum atomic E-state index is 13.1. The number of β-lactam (4-membered cyclic amide) rings is 1. The van der Waals surface area contributed by atoms with Crippen LogP contribution in [0.25, 0.3) is 0 Å². The van der Waals surface area contributed by atoms with Crippen LogP contribution in [-0.2, 0) is 38.6 Å². The zero-order valence-corrected chi connectivity index (χ0v) is 22.6. The molecule has 1 unspecified atom stereocenters. The zero-order valence-electron chi connectivity index (χ0n) is 20.1. The summed E-state index contributed by atoms with van der Waals surface area (Å²) >= 11 is 3.98. The molecule has 0 spiro atoms. The Morgan fingerprint density at radius 2 is 2.24 bits per heavy atom. The van der Waals surface area contributed by atoms with Crippen molar-refractivity contribution in [3.63, 3.8) is 0 Å². The molecule has 1 saturated heterocycles. The first-order valence-electron chi connectivity index (χ1n) is 11.8. The third kappa shape index (κ3) is 4.82. The van der Waals surface area contributed by atoms with Crippen LogP contribution in [-0.4, -0.2) is 61.5 Å². The molecular formula is C22H25N7O5S3. The molecule has 5 rings (SSSR count).